The van der Waals surface area contributed by atoms with Gasteiger partial charge in [0.05, 0.1) is 16.6 Å². The van der Waals surface area contributed by atoms with Gasteiger partial charge in [-0.05, 0) is 47.5 Å². The van der Waals surface area contributed by atoms with Crippen LogP contribution in [0.4, 0.5) is 8.78 Å². The second-order valence-corrected chi connectivity index (χ2v) is 8.30. The van der Waals surface area contributed by atoms with Crippen molar-refractivity contribution < 1.29 is 18.4 Å². The van der Waals surface area contributed by atoms with E-state index in [2.05, 4.69) is 5.32 Å². The molecule has 1 N–H and O–H groups in total. The molecule has 1 fully saturated rings. The SMILES string of the molecule is O=C1CN(C(=O)c2cc(-c3ccc(F)c(Cl)c3)c(-c3cc(F)cc(Cl)c3)s2)CN1. The molecule has 4 rings (SSSR count). The second kappa shape index (κ2) is 7.74. The van der Waals surface area contributed by atoms with Crippen molar-refractivity contribution in [3.63, 3.8) is 0 Å². The summed E-state index contributed by atoms with van der Waals surface area (Å²) in [4.78, 5) is 26.6. The van der Waals surface area contributed by atoms with E-state index in [-0.39, 0.29) is 35.1 Å². The maximum atomic E-state index is 13.9. The molecule has 1 aliphatic rings. The molecule has 0 radical (unpaired) electrons. The van der Waals surface area contributed by atoms with E-state index < -0.39 is 11.6 Å². The van der Waals surface area contributed by atoms with E-state index in [0.717, 1.165) is 11.3 Å². The van der Waals surface area contributed by atoms with Gasteiger partial charge >= 0.3 is 0 Å². The van der Waals surface area contributed by atoms with Crippen molar-refractivity contribution in [2.75, 3.05) is 13.2 Å². The summed E-state index contributed by atoms with van der Waals surface area (Å²) in [5, 5.41) is 2.72. The lowest BCUT2D eigenvalue weighted by Crippen LogP contribution is -2.28. The number of thiophene rings is 1. The summed E-state index contributed by atoms with van der Waals surface area (Å²) in [5.74, 6) is -1.67. The van der Waals surface area contributed by atoms with E-state index in [1.165, 1.54) is 35.2 Å². The smallest absolute Gasteiger partial charge is 0.265 e. The molecule has 0 unspecified atom stereocenters. The maximum absolute atomic E-state index is 13.9. The standard InChI is InChI=1S/C20H12Cl2F2N2O2S/c21-12-3-11(4-13(23)6-12)19-14(10-1-2-16(24)15(22)5-10)7-17(29-19)20(28)26-8-18(27)25-9-26/h1-7H,8-9H2,(H,25,27). The third kappa shape index (κ3) is 3.99. The number of nitrogens with zero attached hydrogens (tertiary/aromatic N) is 1. The Morgan fingerprint density at radius 1 is 1.07 bits per heavy atom. The fourth-order valence-electron chi connectivity index (χ4n) is 3.04. The van der Waals surface area contributed by atoms with E-state index in [4.69, 9.17) is 23.2 Å². The van der Waals surface area contributed by atoms with Crippen molar-refractivity contribution in [1.82, 2.24) is 10.2 Å². The molecule has 1 saturated heterocycles. The average Bonchev–Trinajstić information content (AvgIpc) is 3.29. The van der Waals surface area contributed by atoms with Crippen molar-refractivity contribution in [1.29, 1.82) is 0 Å². The lowest BCUT2D eigenvalue weighted by atomic mass is 10.0. The van der Waals surface area contributed by atoms with Crippen LogP contribution in [0.3, 0.4) is 0 Å². The van der Waals surface area contributed by atoms with E-state index >= 15 is 0 Å². The number of halogens is 4. The molecule has 29 heavy (non-hydrogen) atoms. The van der Waals surface area contributed by atoms with Crippen molar-refractivity contribution in [3.05, 3.63) is 69.0 Å². The molecule has 1 aromatic heterocycles. The lowest BCUT2D eigenvalue weighted by Gasteiger charge is -2.11. The monoisotopic (exact) mass is 452 g/mol. The summed E-state index contributed by atoms with van der Waals surface area (Å²) in [6, 6.07) is 9.90. The second-order valence-electron chi connectivity index (χ2n) is 6.40. The minimum absolute atomic E-state index is 0.0322. The first-order valence-electron chi connectivity index (χ1n) is 8.43. The number of hydrogen-bond donors (Lipinski definition) is 1. The Morgan fingerprint density at radius 3 is 2.52 bits per heavy atom. The Bertz CT molecular complexity index is 1130. The number of carbonyl (C=O) groups excluding carboxylic acids is 2. The Kier molecular flexibility index (Phi) is 5.29. The highest BCUT2D eigenvalue weighted by Gasteiger charge is 2.27. The first-order valence-corrected chi connectivity index (χ1v) is 10.0. The Morgan fingerprint density at radius 2 is 1.86 bits per heavy atom. The van der Waals surface area contributed by atoms with Crippen LogP contribution in [0.2, 0.25) is 10.0 Å². The van der Waals surface area contributed by atoms with Crippen LogP contribution in [0.1, 0.15) is 9.67 Å². The predicted octanol–water partition coefficient (Wildman–Crippen LogP) is 5.20. The van der Waals surface area contributed by atoms with Crippen LogP contribution in [0.25, 0.3) is 21.6 Å². The molecule has 4 nitrogen and oxygen atoms in total. The quantitative estimate of drug-likeness (QED) is 0.593. The number of benzene rings is 2. The number of carbonyl (C=O) groups is 2. The topological polar surface area (TPSA) is 49.4 Å². The van der Waals surface area contributed by atoms with Gasteiger partial charge in [-0.15, -0.1) is 11.3 Å². The van der Waals surface area contributed by atoms with Gasteiger partial charge in [-0.1, -0.05) is 29.3 Å². The largest absolute Gasteiger partial charge is 0.337 e. The fraction of sp³-hybridized carbons (Fsp3) is 0.100. The van der Waals surface area contributed by atoms with Crippen LogP contribution in [0.15, 0.2) is 42.5 Å². The zero-order valence-corrected chi connectivity index (χ0v) is 17.0. The van der Waals surface area contributed by atoms with Gasteiger partial charge in [0.2, 0.25) is 5.91 Å². The molecule has 0 bridgehead atoms. The molecule has 2 heterocycles. The summed E-state index contributed by atoms with van der Waals surface area (Å²) in [6.45, 7) is 0.0873. The lowest BCUT2D eigenvalue weighted by molar-refractivity contribution is -0.118. The van der Waals surface area contributed by atoms with Crippen molar-refractivity contribution in [2.24, 2.45) is 0 Å². The van der Waals surface area contributed by atoms with Gasteiger partial charge in [0.15, 0.2) is 0 Å². The molecular weight excluding hydrogens is 441 g/mol. The first-order chi connectivity index (χ1) is 13.8. The summed E-state index contributed by atoms with van der Waals surface area (Å²) in [5.41, 5.74) is 1.63. The zero-order chi connectivity index (χ0) is 20.7. The van der Waals surface area contributed by atoms with Gasteiger partial charge in [-0.3, -0.25) is 9.59 Å². The van der Waals surface area contributed by atoms with Crippen LogP contribution in [0, 0.1) is 11.6 Å². The van der Waals surface area contributed by atoms with Gasteiger partial charge in [0, 0.05) is 15.5 Å². The molecule has 3 aromatic rings. The van der Waals surface area contributed by atoms with E-state index in [9.17, 15) is 18.4 Å². The number of rotatable bonds is 3. The third-order valence-electron chi connectivity index (χ3n) is 4.39. The Hall–Kier alpha value is -2.48. The molecule has 0 spiro atoms. The zero-order valence-electron chi connectivity index (χ0n) is 14.6. The van der Waals surface area contributed by atoms with Crippen LogP contribution in [0.5, 0.6) is 0 Å². The number of amides is 2. The minimum atomic E-state index is -0.570. The van der Waals surface area contributed by atoms with Crippen molar-refractivity contribution in [2.45, 2.75) is 0 Å². The summed E-state index contributed by atoms with van der Waals surface area (Å²) in [6.07, 6.45) is 0. The first kappa shape index (κ1) is 19.8. The van der Waals surface area contributed by atoms with Crippen LogP contribution in [-0.4, -0.2) is 29.9 Å². The van der Waals surface area contributed by atoms with Crippen LogP contribution >= 0.6 is 34.5 Å². The highest BCUT2D eigenvalue weighted by molar-refractivity contribution is 7.18. The van der Waals surface area contributed by atoms with Gasteiger partial charge in [0.25, 0.3) is 5.91 Å². The Balaban J connectivity index is 1.85. The van der Waals surface area contributed by atoms with Crippen LogP contribution < -0.4 is 5.32 Å². The van der Waals surface area contributed by atoms with Gasteiger partial charge < -0.3 is 10.2 Å². The highest BCUT2D eigenvalue weighted by Crippen LogP contribution is 2.41. The summed E-state index contributed by atoms with van der Waals surface area (Å²) >= 11 is 13.1. The van der Waals surface area contributed by atoms with Crippen molar-refractivity contribution >= 4 is 46.4 Å². The number of hydrogen-bond acceptors (Lipinski definition) is 3. The molecule has 0 aliphatic carbocycles. The molecule has 148 valence electrons. The Labute approximate surface area is 178 Å². The summed E-state index contributed by atoms with van der Waals surface area (Å²) in [7, 11) is 0. The predicted molar refractivity (Wildman–Crippen MR) is 109 cm³/mol. The normalized spacial score (nSPS) is 13.7. The van der Waals surface area contributed by atoms with E-state index in [1.807, 2.05) is 0 Å². The molecule has 9 heteroatoms. The molecule has 2 aromatic carbocycles. The molecular formula is C20H12Cl2F2N2O2S. The third-order valence-corrected chi connectivity index (χ3v) is 6.07. The average molecular weight is 453 g/mol. The highest BCUT2D eigenvalue weighted by atomic mass is 35.5. The number of nitrogens with one attached hydrogen (secondary N) is 1. The maximum Gasteiger partial charge on any atom is 0.265 e. The van der Waals surface area contributed by atoms with Gasteiger partial charge in [-0.25, -0.2) is 8.78 Å². The minimum Gasteiger partial charge on any atom is -0.337 e. The summed E-state index contributed by atoms with van der Waals surface area (Å²) < 4.78 is 27.6. The molecule has 1 aliphatic heterocycles. The molecule has 2 amide bonds. The molecule has 0 atom stereocenters. The van der Waals surface area contributed by atoms with Gasteiger partial charge in [0.1, 0.15) is 18.2 Å². The van der Waals surface area contributed by atoms with Crippen molar-refractivity contribution in [3.8, 4) is 21.6 Å². The van der Waals surface area contributed by atoms with Crippen LogP contribution in [-0.2, 0) is 4.79 Å². The fourth-order valence-corrected chi connectivity index (χ4v) is 4.58. The van der Waals surface area contributed by atoms with E-state index in [1.54, 1.807) is 12.1 Å². The van der Waals surface area contributed by atoms with E-state index in [0.29, 0.717) is 26.4 Å². The van der Waals surface area contributed by atoms with Gasteiger partial charge in [-0.2, -0.15) is 0 Å². The molecule has 0 saturated carbocycles.